The SMILES string of the molecule is Cc1cccc(C)c1OCCC(=N)N. The summed E-state index contributed by atoms with van der Waals surface area (Å²) in [4.78, 5) is 0. The first-order valence-electron chi connectivity index (χ1n) is 4.63. The molecule has 0 heterocycles. The van der Waals surface area contributed by atoms with Crippen molar-refractivity contribution >= 4 is 5.84 Å². The fourth-order valence-corrected chi connectivity index (χ4v) is 1.29. The standard InChI is InChI=1S/C11H16N2O/c1-8-4-3-5-9(2)11(8)14-7-6-10(12)13/h3-5H,6-7H2,1-2H3,(H3,12,13). The van der Waals surface area contributed by atoms with Gasteiger partial charge in [0.2, 0.25) is 0 Å². The van der Waals surface area contributed by atoms with E-state index in [2.05, 4.69) is 0 Å². The molecule has 3 heteroatoms. The summed E-state index contributed by atoms with van der Waals surface area (Å²) in [5, 5.41) is 7.07. The van der Waals surface area contributed by atoms with E-state index in [4.69, 9.17) is 15.9 Å². The van der Waals surface area contributed by atoms with E-state index in [1.807, 2.05) is 32.0 Å². The second-order valence-corrected chi connectivity index (χ2v) is 3.34. The molecule has 0 unspecified atom stereocenters. The zero-order valence-corrected chi connectivity index (χ0v) is 8.63. The van der Waals surface area contributed by atoms with Crippen LogP contribution < -0.4 is 10.5 Å². The molecule has 0 bridgehead atoms. The zero-order chi connectivity index (χ0) is 10.6. The molecule has 0 amide bonds. The van der Waals surface area contributed by atoms with Crippen molar-refractivity contribution in [2.45, 2.75) is 20.3 Å². The maximum atomic E-state index is 7.07. The van der Waals surface area contributed by atoms with E-state index in [-0.39, 0.29) is 5.84 Å². The Morgan fingerprint density at radius 3 is 2.43 bits per heavy atom. The Kier molecular flexibility index (Phi) is 3.51. The Morgan fingerprint density at radius 2 is 1.93 bits per heavy atom. The number of amidine groups is 1. The Balaban J connectivity index is 2.62. The fraction of sp³-hybridized carbons (Fsp3) is 0.364. The van der Waals surface area contributed by atoms with Gasteiger partial charge in [-0.3, -0.25) is 5.41 Å². The highest BCUT2D eigenvalue weighted by Crippen LogP contribution is 2.22. The van der Waals surface area contributed by atoms with E-state index in [0.717, 1.165) is 16.9 Å². The van der Waals surface area contributed by atoms with E-state index in [9.17, 15) is 0 Å². The van der Waals surface area contributed by atoms with Gasteiger partial charge < -0.3 is 10.5 Å². The lowest BCUT2D eigenvalue weighted by atomic mass is 10.1. The molecule has 0 saturated carbocycles. The molecule has 1 aromatic carbocycles. The lowest BCUT2D eigenvalue weighted by Crippen LogP contribution is -2.14. The quantitative estimate of drug-likeness (QED) is 0.566. The number of para-hydroxylation sites is 1. The molecule has 0 radical (unpaired) electrons. The topological polar surface area (TPSA) is 59.1 Å². The number of nitrogens with two attached hydrogens (primary N) is 1. The van der Waals surface area contributed by atoms with Crippen LogP contribution in [0.5, 0.6) is 5.75 Å². The third-order valence-corrected chi connectivity index (χ3v) is 2.03. The maximum absolute atomic E-state index is 7.07. The molecule has 76 valence electrons. The first kappa shape index (κ1) is 10.6. The van der Waals surface area contributed by atoms with Crippen LogP contribution in [0, 0.1) is 19.3 Å². The summed E-state index contributed by atoms with van der Waals surface area (Å²) in [6.07, 6.45) is 0.480. The van der Waals surface area contributed by atoms with Gasteiger partial charge in [-0.1, -0.05) is 18.2 Å². The smallest absolute Gasteiger partial charge is 0.125 e. The summed E-state index contributed by atoms with van der Waals surface area (Å²) >= 11 is 0. The molecule has 0 spiro atoms. The van der Waals surface area contributed by atoms with Gasteiger partial charge in [-0.2, -0.15) is 0 Å². The molecular weight excluding hydrogens is 176 g/mol. The molecule has 0 fully saturated rings. The lowest BCUT2D eigenvalue weighted by Gasteiger charge is -2.11. The van der Waals surface area contributed by atoms with Gasteiger partial charge >= 0.3 is 0 Å². The number of ether oxygens (including phenoxy) is 1. The van der Waals surface area contributed by atoms with Gasteiger partial charge in [-0.25, -0.2) is 0 Å². The van der Waals surface area contributed by atoms with Crippen molar-refractivity contribution in [3.05, 3.63) is 29.3 Å². The average molecular weight is 192 g/mol. The van der Waals surface area contributed by atoms with Crippen molar-refractivity contribution in [1.82, 2.24) is 0 Å². The van der Waals surface area contributed by atoms with E-state index in [0.29, 0.717) is 13.0 Å². The number of nitrogens with one attached hydrogen (secondary N) is 1. The van der Waals surface area contributed by atoms with Gasteiger partial charge in [-0.05, 0) is 25.0 Å². The Morgan fingerprint density at radius 1 is 1.36 bits per heavy atom. The van der Waals surface area contributed by atoms with E-state index >= 15 is 0 Å². The monoisotopic (exact) mass is 192 g/mol. The van der Waals surface area contributed by atoms with E-state index in [1.165, 1.54) is 0 Å². The second kappa shape index (κ2) is 4.65. The van der Waals surface area contributed by atoms with Crippen LogP contribution in [-0.2, 0) is 0 Å². The molecule has 1 rings (SSSR count). The van der Waals surface area contributed by atoms with Crippen LogP contribution in [0.3, 0.4) is 0 Å². The fourth-order valence-electron chi connectivity index (χ4n) is 1.29. The second-order valence-electron chi connectivity index (χ2n) is 3.34. The summed E-state index contributed by atoms with van der Waals surface area (Å²) in [6, 6.07) is 6.02. The van der Waals surface area contributed by atoms with Gasteiger partial charge in [0.1, 0.15) is 5.75 Å². The summed E-state index contributed by atoms with van der Waals surface area (Å²) in [7, 11) is 0. The zero-order valence-electron chi connectivity index (χ0n) is 8.63. The van der Waals surface area contributed by atoms with Crippen LogP contribution in [0.4, 0.5) is 0 Å². The molecule has 3 N–H and O–H groups in total. The number of aryl methyl sites for hydroxylation is 2. The van der Waals surface area contributed by atoms with Crippen LogP contribution in [0.15, 0.2) is 18.2 Å². The highest BCUT2D eigenvalue weighted by atomic mass is 16.5. The predicted octanol–water partition coefficient (Wildman–Crippen LogP) is 2.01. The number of benzene rings is 1. The van der Waals surface area contributed by atoms with Gasteiger partial charge in [0.05, 0.1) is 12.4 Å². The van der Waals surface area contributed by atoms with Crippen molar-refractivity contribution < 1.29 is 4.74 Å². The summed E-state index contributed by atoms with van der Waals surface area (Å²) in [6.45, 7) is 4.49. The van der Waals surface area contributed by atoms with Crippen molar-refractivity contribution in [3.8, 4) is 5.75 Å². The average Bonchev–Trinajstić information content (AvgIpc) is 2.09. The van der Waals surface area contributed by atoms with Crippen molar-refractivity contribution in [1.29, 1.82) is 5.41 Å². The highest BCUT2D eigenvalue weighted by molar-refractivity contribution is 5.76. The Bertz CT molecular complexity index is 314. The molecule has 0 saturated heterocycles. The first-order valence-corrected chi connectivity index (χ1v) is 4.63. The van der Waals surface area contributed by atoms with Crippen molar-refractivity contribution in [2.75, 3.05) is 6.61 Å². The van der Waals surface area contributed by atoms with Crippen LogP contribution in [-0.4, -0.2) is 12.4 Å². The first-order chi connectivity index (χ1) is 6.61. The molecule has 0 atom stereocenters. The van der Waals surface area contributed by atoms with Crippen molar-refractivity contribution in [3.63, 3.8) is 0 Å². The molecule has 0 aliphatic heterocycles. The Hall–Kier alpha value is -1.51. The number of hydrogen-bond donors (Lipinski definition) is 2. The minimum atomic E-state index is 0.163. The van der Waals surface area contributed by atoms with Crippen LogP contribution in [0.25, 0.3) is 0 Å². The van der Waals surface area contributed by atoms with Crippen LogP contribution >= 0.6 is 0 Å². The molecule has 0 aliphatic carbocycles. The van der Waals surface area contributed by atoms with E-state index in [1.54, 1.807) is 0 Å². The summed E-state index contributed by atoms with van der Waals surface area (Å²) < 4.78 is 5.56. The van der Waals surface area contributed by atoms with Crippen LogP contribution in [0.2, 0.25) is 0 Å². The summed E-state index contributed by atoms with van der Waals surface area (Å²) in [5.41, 5.74) is 7.47. The Labute approximate surface area is 84.4 Å². The molecule has 14 heavy (non-hydrogen) atoms. The largest absolute Gasteiger partial charge is 0.493 e. The lowest BCUT2D eigenvalue weighted by molar-refractivity contribution is 0.324. The summed E-state index contributed by atoms with van der Waals surface area (Å²) in [5.74, 6) is 1.07. The third-order valence-electron chi connectivity index (χ3n) is 2.03. The molecule has 0 aliphatic rings. The molecule has 3 nitrogen and oxygen atoms in total. The van der Waals surface area contributed by atoms with Gasteiger partial charge in [0.15, 0.2) is 0 Å². The van der Waals surface area contributed by atoms with Gasteiger partial charge in [0, 0.05) is 6.42 Å². The third kappa shape index (κ3) is 2.76. The highest BCUT2D eigenvalue weighted by Gasteiger charge is 2.02. The number of rotatable bonds is 4. The van der Waals surface area contributed by atoms with E-state index < -0.39 is 0 Å². The number of hydrogen-bond acceptors (Lipinski definition) is 2. The predicted molar refractivity (Wildman–Crippen MR) is 57.9 cm³/mol. The molecule has 1 aromatic rings. The van der Waals surface area contributed by atoms with Gasteiger partial charge in [-0.15, -0.1) is 0 Å². The minimum absolute atomic E-state index is 0.163. The van der Waals surface area contributed by atoms with Crippen molar-refractivity contribution in [2.24, 2.45) is 5.73 Å². The van der Waals surface area contributed by atoms with Crippen LogP contribution in [0.1, 0.15) is 17.5 Å². The normalized spacial score (nSPS) is 9.86. The maximum Gasteiger partial charge on any atom is 0.125 e. The minimum Gasteiger partial charge on any atom is -0.493 e. The van der Waals surface area contributed by atoms with Gasteiger partial charge in [0.25, 0.3) is 0 Å². The molecule has 0 aromatic heterocycles. The molecular formula is C11H16N2O.